The predicted octanol–water partition coefficient (Wildman–Crippen LogP) is 2.88. The Morgan fingerprint density at radius 2 is 2.33 bits per heavy atom. The van der Waals surface area contributed by atoms with Crippen LogP contribution in [-0.2, 0) is 11.2 Å². The average molecular weight is 268 g/mol. The largest absolute Gasteiger partial charge is 0.481 e. The number of carbonyl (C=O) groups is 1. The highest BCUT2D eigenvalue weighted by atomic mass is 32.1. The third-order valence-electron chi connectivity index (χ3n) is 3.71. The molecule has 0 aromatic carbocycles. The quantitative estimate of drug-likeness (QED) is 0.892. The van der Waals surface area contributed by atoms with Crippen molar-refractivity contribution < 1.29 is 9.90 Å². The number of aryl methyl sites for hydroxylation is 1. The van der Waals surface area contributed by atoms with E-state index in [4.69, 9.17) is 0 Å². The van der Waals surface area contributed by atoms with Crippen LogP contribution < -0.4 is 4.90 Å². The Bertz CT molecular complexity index is 444. The van der Waals surface area contributed by atoms with Gasteiger partial charge in [-0.2, -0.15) is 0 Å². The van der Waals surface area contributed by atoms with Gasteiger partial charge in [0.1, 0.15) is 5.92 Å². The number of carboxylic acid groups (broad SMARTS) is 1. The summed E-state index contributed by atoms with van der Waals surface area (Å²) in [6.07, 6.45) is 2.64. The Morgan fingerprint density at radius 1 is 1.61 bits per heavy atom. The summed E-state index contributed by atoms with van der Waals surface area (Å²) in [5, 5.41) is 10.2. The molecule has 2 unspecified atom stereocenters. The van der Waals surface area contributed by atoms with Gasteiger partial charge < -0.3 is 10.0 Å². The van der Waals surface area contributed by atoms with Crippen molar-refractivity contribution in [3.05, 3.63) is 10.6 Å². The molecular formula is C13H20N2O2S. The maximum absolute atomic E-state index is 11.2. The molecule has 1 heterocycles. The minimum Gasteiger partial charge on any atom is -0.481 e. The Morgan fingerprint density at radius 3 is 2.89 bits per heavy atom. The van der Waals surface area contributed by atoms with E-state index in [1.807, 2.05) is 0 Å². The molecule has 18 heavy (non-hydrogen) atoms. The first-order valence-electron chi connectivity index (χ1n) is 6.57. The van der Waals surface area contributed by atoms with Crippen molar-refractivity contribution in [2.24, 2.45) is 0 Å². The zero-order chi connectivity index (χ0) is 13.3. The van der Waals surface area contributed by atoms with E-state index in [0.717, 1.165) is 30.2 Å². The summed E-state index contributed by atoms with van der Waals surface area (Å²) < 4.78 is 0. The fourth-order valence-electron chi connectivity index (χ4n) is 2.43. The Labute approximate surface area is 112 Å². The monoisotopic (exact) mass is 268 g/mol. The molecule has 2 rings (SSSR count). The van der Waals surface area contributed by atoms with Crippen LogP contribution in [0.2, 0.25) is 0 Å². The molecule has 0 amide bonds. The zero-order valence-electron chi connectivity index (χ0n) is 11.1. The zero-order valence-corrected chi connectivity index (χ0v) is 12.0. The van der Waals surface area contributed by atoms with Gasteiger partial charge in [-0.05, 0) is 33.1 Å². The molecule has 0 fully saturated rings. The minimum absolute atomic E-state index is 0.388. The maximum Gasteiger partial charge on any atom is 0.312 e. The molecule has 100 valence electrons. The highest BCUT2D eigenvalue weighted by Gasteiger charge is 2.33. The van der Waals surface area contributed by atoms with Crippen molar-refractivity contribution >= 4 is 22.4 Å². The molecule has 1 aromatic heterocycles. The molecule has 1 aliphatic rings. The van der Waals surface area contributed by atoms with Gasteiger partial charge in [0.05, 0.1) is 5.69 Å². The van der Waals surface area contributed by atoms with E-state index in [1.54, 1.807) is 11.3 Å². The van der Waals surface area contributed by atoms with E-state index < -0.39 is 5.97 Å². The summed E-state index contributed by atoms with van der Waals surface area (Å²) in [6.45, 7) is 7.38. The van der Waals surface area contributed by atoms with Crippen molar-refractivity contribution in [2.75, 3.05) is 11.4 Å². The van der Waals surface area contributed by atoms with Crippen LogP contribution in [0.1, 0.15) is 50.1 Å². The van der Waals surface area contributed by atoms with E-state index in [0.29, 0.717) is 12.5 Å². The summed E-state index contributed by atoms with van der Waals surface area (Å²) >= 11 is 1.67. The minimum atomic E-state index is -0.739. The topological polar surface area (TPSA) is 53.4 Å². The van der Waals surface area contributed by atoms with Crippen molar-refractivity contribution in [1.29, 1.82) is 0 Å². The van der Waals surface area contributed by atoms with E-state index >= 15 is 0 Å². The number of fused-ring (bicyclic) bond motifs is 1. The van der Waals surface area contributed by atoms with Crippen molar-refractivity contribution in [1.82, 2.24) is 4.98 Å². The highest BCUT2D eigenvalue weighted by Crippen LogP contribution is 2.40. The van der Waals surface area contributed by atoms with Gasteiger partial charge in [0.15, 0.2) is 5.13 Å². The van der Waals surface area contributed by atoms with Crippen LogP contribution >= 0.6 is 11.3 Å². The second kappa shape index (κ2) is 5.26. The molecular weight excluding hydrogens is 248 g/mol. The summed E-state index contributed by atoms with van der Waals surface area (Å²) in [5.74, 6) is -1.13. The molecule has 0 saturated carbocycles. The number of nitrogens with zero attached hydrogens (tertiary/aromatic N) is 2. The molecule has 0 radical (unpaired) electrons. The summed E-state index contributed by atoms with van der Waals surface area (Å²) in [6, 6.07) is 0.449. The maximum atomic E-state index is 11.2. The highest BCUT2D eigenvalue weighted by molar-refractivity contribution is 7.15. The first-order chi connectivity index (χ1) is 8.58. The average Bonchev–Trinajstić information content (AvgIpc) is 2.88. The molecule has 0 saturated heterocycles. The lowest BCUT2D eigenvalue weighted by molar-refractivity contribution is -0.138. The third kappa shape index (κ3) is 2.23. The van der Waals surface area contributed by atoms with Crippen LogP contribution in [0.25, 0.3) is 0 Å². The summed E-state index contributed by atoms with van der Waals surface area (Å²) in [7, 11) is 0. The molecule has 1 aliphatic carbocycles. The van der Waals surface area contributed by atoms with Gasteiger partial charge in [-0.15, -0.1) is 11.3 Å². The van der Waals surface area contributed by atoms with Crippen LogP contribution in [-0.4, -0.2) is 28.6 Å². The smallest absolute Gasteiger partial charge is 0.312 e. The molecule has 0 aliphatic heterocycles. The van der Waals surface area contributed by atoms with Crippen LogP contribution in [0.5, 0.6) is 0 Å². The van der Waals surface area contributed by atoms with Crippen LogP contribution in [0, 0.1) is 0 Å². The van der Waals surface area contributed by atoms with E-state index in [1.165, 1.54) is 4.88 Å². The normalized spacial score (nSPS) is 19.6. The van der Waals surface area contributed by atoms with E-state index in [-0.39, 0.29) is 5.92 Å². The van der Waals surface area contributed by atoms with Crippen LogP contribution in [0.15, 0.2) is 0 Å². The third-order valence-corrected chi connectivity index (χ3v) is 4.88. The van der Waals surface area contributed by atoms with Gasteiger partial charge in [-0.1, -0.05) is 6.92 Å². The number of hydrogen-bond donors (Lipinski definition) is 1. The van der Waals surface area contributed by atoms with Crippen molar-refractivity contribution in [3.8, 4) is 0 Å². The number of aliphatic carboxylic acids is 1. The van der Waals surface area contributed by atoms with Gasteiger partial charge in [-0.25, -0.2) is 4.98 Å². The number of thiazole rings is 1. The molecule has 1 N–H and O–H groups in total. The van der Waals surface area contributed by atoms with Gasteiger partial charge >= 0.3 is 5.97 Å². The molecule has 0 bridgehead atoms. The number of carboxylic acids is 1. The predicted molar refractivity (Wildman–Crippen MR) is 73.6 cm³/mol. The van der Waals surface area contributed by atoms with Crippen molar-refractivity contribution in [3.63, 3.8) is 0 Å². The number of anilines is 1. The van der Waals surface area contributed by atoms with Gasteiger partial charge in [-0.3, -0.25) is 4.79 Å². The standard InChI is InChI=1S/C13H20N2O2S/c1-4-8(3)15(5-2)13-14-11-9(12(16)17)6-7-10(11)18-13/h8-9H,4-7H2,1-3H3,(H,16,17). The van der Waals surface area contributed by atoms with E-state index in [9.17, 15) is 9.90 Å². The molecule has 0 spiro atoms. The molecule has 4 nitrogen and oxygen atoms in total. The summed E-state index contributed by atoms with van der Waals surface area (Å²) in [5.41, 5.74) is 0.809. The molecule has 1 aromatic rings. The Hall–Kier alpha value is -1.10. The second-order valence-electron chi connectivity index (χ2n) is 4.78. The van der Waals surface area contributed by atoms with E-state index in [2.05, 4.69) is 30.7 Å². The van der Waals surface area contributed by atoms with Crippen LogP contribution in [0.4, 0.5) is 5.13 Å². The fraction of sp³-hybridized carbons (Fsp3) is 0.692. The fourth-order valence-corrected chi connectivity index (χ4v) is 3.74. The first-order valence-corrected chi connectivity index (χ1v) is 7.39. The number of aromatic nitrogens is 1. The van der Waals surface area contributed by atoms with Crippen LogP contribution in [0.3, 0.4) is 0 Å². The lowest BCUT2D eigenvalue weighted by atomic mass is 10.1. The van der Waals surface area contributed by atoms with Gasteiger partial charge in [0, 0.05) is 17.5 Å². The number of rotatable bonds is 5. The number of hydrogen-bond acceptors (Lipinski definition) is 4. The Kier molecular flexibility index (Phi) is 3.90. The van der Waals surface area contributed by atoms with Gasteiger partial charge in [0.25, 0.3) is 0 Å². The SMILES string of the molecule is CCC(C)N(CC)c1nc2c(s1)CCC2C(=O)O. The lowest BCUT2D eigenvalue weighted by Gasteiger charge is -2.26. The first kappa shape index (κ1) is 13.3. The van der Waals surface area contributed by atoms with Crippen molar-refractivity contribution in [2.45, 2.75) is 52.0 Å². The Balaban J connectivity index is 2.27. The second-order valence-corrected chi connectivity index (χ2v) is 5.84. The summed E-state index contributed by atoms with van der Waals surface area (Å²) in [4.78, 5) is 19.2. The lowest BCUT2D eigenvalue weighted by Crippen LogP contribution is -2.32. The molecule has 2 atom stereocenters. The molecule has 5 heteroatoms. The van der Waals surface area contributed by atoms with Gasteiger partial charge in [0.2, 0.25) is 0 Å².